The Hall–Kier alpha value is -3.48. The fourth-order valence-electron chi connectivity index (χ4n) is 2.94. The minimum absolute atomic E-state index is 0.0990. The summed E-state index contributed by atoms with van der Waals surface area (Å²) in [4.78, 5) is 12.4. The Labute approximate surface area is 170 Å². The van der Waals surface area contributed by atoms with Gasteiger partial charge >= 0.3 is 0 Å². The van der Waals surface area contributed by atoms with Crippen molar-refractivity contribution in [1.29, 1.82) is 0 Å². The van der Waals surface area contributed by atoms with Gasteiger partial charge in [-0.25, -0.2) is 0 Å². The molecule has 0 radical (unpaired) electrons. The Morgan fingerprint density at radius 3 is 2.31 bits per heavy atom. The van der Waals surface area contributed by atoms with E-state index in [2.05, 4.69) is 10.4 Å². The summed E-state index contributed by atoms with van der Waals surface area (Å²) in [7, 11) is 3.18. The van der Waals surface area contributed by atoms with E-state index in [1.165, 1.54) is 0 Å². The van der Waals surface area contributed by atoms with Crippen LogP contribution in [0.15, 0.2) is 48.5 Å². The van der Waals surface area contributed by atoms with E-state index in [0.717, 1.165) is 17.1 Å². The summed E-state index contributed by atoms with van der Waals surface area (Å²) in [5.41, 5.74) is 2.61. The lowest BCUT2D eigenvalue weighted by molar-refractivity contribution is -0.116. The minimum Gasteiger partial charge on any atom is -0.497 e. The highest BCUT2D eigenvalue weighted by molar-refractivity contribution is 5.91. The van der Waals surface area contributed by atoms with E-state index in [1.807, 2.05) is 36.7 Å². The average Bonchev–Trinajstić information content (AvgIpc) is 3.04. The molecule has 0 aliphatic heterocycles. The molecule has 7 heteroatoms. The van der Waals surface area contributed by atoms with Crippen molar-refractivity contribution in [3.63, 3.8) is 0 Å². The first-order valence-electron chi connectivity index (χ1n) is 9.29. The van der Waals surface area contributed by atoms with E-state index in [4.69, 9.17) is 14.2 Å². The van der Waals surface area contributed by atoms with Gasteiger partial charge in [-0.2, -0.15) is 5.10 Å². The Balaban J connectivity index is 1.66. The molecule has 0 saturated heterocycles. The standard InChI is InChI=1S/C22H25N3O4/c1-15-13-16(2)25(24-15)12-11-22(26)23-17-5-10-20(28-4)21(14-17)29-19-8-6-18(27-3)7-9-19/h5-10,13-14H,11-12H2,1-4H3,(H,23,26). The lowest BCUT2D eigenvalue weighted by Gasteiger charge is -2.13. The average molecular weight is 395 g/mol. The summed E-state index contributed by atoms with van der Waals surface area (Å²) in [6, 6.07) is 14.5. The number of carbonyl (C=O) groups excluding carboxylic acids is 1. The number of amides is 1. The molecule has 0 atom stereocenters. The molecule has 152 valence electrons. The maximum absolute atomic E-state index is 12.4. The molecule has 1 N–H and O–H groups in total. The molecule has 1 heterocycles. The van der Waals surface area contributed by atoms with Gasteiger partial charge in [0.25, 0.3) is 0 Å². The smallest absolute Gasteiger partial charge is 0.226 e. The number of aryl methyl sites for hydroxylation is 3. The van der Waals surface area contributed by atoms with E-state index >= 15 is 0 Å². The summed E-state index contributed by atoms with van der Waals surface area (Å²) < 4.78 is 18.3. The largest absolute Gasteiger partial charge is 0.497 e. The van der Waals surface area contributed by atoms with Crippen LogP contribution in [-0.2, 0) is 11.3 Å². The number of anilines is 1. The van der Waals surface area contributed by atoms with Gasteiger partial charge in [0.2, 0.25) is 5.91 Å². The summed E-state index contributed by atoms with van der Waals surface area (Å²) in [5, 5.41) is 7.27. The van der Waals surface area contributed by atoms with Crippen molar-refractivity contribution in [2.24, 2.45) is 0 Å². The van der Waals surface area contributed by atoms with Gasteiger partial charge in [-0.05, 0) is 56.3 Å². The van der Waals surface area contributed by atoms with Crippen LogP contribution in [0, 0.1) is 13.8 Å². The molecule has 1 aromatic heterocycles. The molecular weight excluding hydrogens is 370 g/mol. The van der Waals surface area contributed by atoms with Crippen LogP contribution in [0.2, 0.25) is 0 Å². The van der Waals surface area contributed by atoms with Gasteiger partial charge < -0.3 is 19.5 Å². The van der Waals surface area contributed by atoms with Crippen molar-refractivity contribution in [1.82, 2.24) is 9.78 Å². The molecule has 7 nitrogen and oxygen atoms in total. The summed E-state index contributed by atoms with van der Waals surface area (Å²) in [6.07, 6.45) is 0.322. The van der Waals surface area contributed by atoms with Crippen LogP contribution in [0.25, 0.3) is 0 Å². The normalized spacial score (nSPS) is 10.5. The molecular formula is C22H25N3O4. The summed E-state index contributed by atoms with van der Waals surface area (Å²) in [5.74, 6) is 2.36. The van der Waals surface area contributed by atoms with Crippen LogP contribution in [-0.4, -0.2) is 29.9 Å². The van der Waals surface area contributed by atoms with Crippen LogP contribution in [0.3, 0.4) is 0 Å². The Morgan fingerprint density at radius 1 is 0.966 bits per heavy atom. The third kappa shape index (κ3) is 5.28. The first kappa shape index (κ1) is 20.3. The molecule has 0 unspecified atom stereocenters. The topological polar surface area (TPSA) is 74.6 Å². The van der Waals surface area contributed by atoms with Crippen molar-refractivity contribution < 1.29 is 19.0 Å². The second-order valence-electron chi connectivity index (χ2n) is 6.59. The first-order chi connectivity index (χ1) is 14.0. The number of rotatable bonds is 8. The van der Waals surface area contributed by atoms with Crippen molar-refractivity contribution in [2.75, 3.05) is 19.5 Å². The third-order valence-corrected chi connectivity index (χ3v) is 4.39. The molecule has 0 spiro atoms. The van der Waals surface area contributed by atoms with Crippen molar-refractivity contribution >= 4 is 11.6 Å². The lowest BCUT2D eigenvalue weighted by atomic mass is 10.2. The molecule has 0 aliphatic carbocycles. The van der Waals surface area contributed by atoms with E-state index in [-0.39, 0.29) is 5.91 Å². The van der Waals surface area contributed by atoms with Crippen LogP contribution in [0.4, 0.5) is 5.69 Å². The van der Waals surface area contributed by atoms with E-state index in [1.54, 1.807) is 44.6 Å². The van der Waals surface area contributed by atoms with Crippen molar-refractivity contribution in [3.8, 4) is 23.0 Å². The molecule has 1 amide bonds. The van der Waals surface area contributed by atoms with Gasteiger partial charge in [-0.1, -0.05) is 0 Å². The maximum atomic E-state index is 12.4. The van der Waals surface area contributed by atoms with Gasteiger partial charge in [0, 0.05) is 30.4 Å². The highest BCUT2D eigenvalue weighted by atomic mass is 16.5. The Morgan fingerprint density at radius 2 is 1.69 bits per heavy atom. The highest BCUT2D eigenvalue weighted by Crippen LogP contribution is 2.34. The van der Waals surface area contributed by atoms with E-state index < -0.39 is 0 Å². The third-order valence-electron chi connectivity index (χ3n) is 4.39. The number of aromatic nitrogens is 2. The Bertz CT molecular complexity index is 980. The molecule has 0 fully saturated rings. The second kappa shape index (κ2) is 9.14. The highest BCUT2D eigenvalue weighted by Gasteiger charge is 2.11. The molecule has 0 aliphatic rings. The number of nitrogens with zero attached hydrogens (tertiary/aromatic N) is 2. The van der Waals surface area contributed by atoms with Crippen LogP contribution >= 0.6 is 0 Å². The number of benzene rings is 2. The number of methoxy groups -OCH3 is 2. The number of carbonyl (C=O) groups is 1. The van der Waals surface area contributed by atoms with Crippen molar-refractivity contribution in [2.45, 2.75) is 26.8 Å². The zero-order chi connectivity index (χ0) is 20.8. The number of hydrogen-bond acceptors (Lipinski definition) is 5. The summed E-state index contributed by atoms with van der Waals surface area (Å²) in [6.45, 7) is 4.44. The van der Waals surface area contributed by atoms with Gasteiger partial charge in [0.05, 0.1) is 19.9 Å². The molecule has 0 saturated carbocycles. The van der Waals surface area contributed by atoms with E-state index in [0.29, 0.717) is 35.9 Å². The Kier molecular flexibility index (Phi) is 6.39. The predicted molar refractivity (Wildman–Crippen MR) is 111 cm³/mol. The molecule has 29 heavy (non-hydrogen) atoms. The van der Waals surface area contributed by atoms with Gasteiger partial charge in [0.15, 0.2) is 11.5 Å². The molecule has 0 bridgehead atoms. The zero-order valence-electron chi connectivity index (χ0n) is 17.1. The summed E-state index contributed by atoms with van der Waals surface area (Å²) >= 11 is 0. The number of hydrogen-bond donors (Lipinski definition) is 1. The van der Waals surface area contributed by atoms with E-state index in [9.17, 15) is 4.79 Å². The van der Waals surface area contributed by atoms with Crippen LogP contribution in [0.1, 0.15) is 17.8 Å². The monoisotopic (exact) mass is 395 g/mol. The number of nitrogens with one attached hydrogen (secondary N) is 1. The quantitative estimate of drug-likeness (QED) is 0.614. The van der Waals surface area contributed by atoms with Crippen LogP contribution in [0.5, 0.6) is 23.0 Å². The van der Waals surface area contributed by atoms with Gasteiger partial charge in [-0.15, -0.1) is 0 Å². The fraction of sp³-hybridized carbons (Fsp3) is 0.273. The molecule has 2 aromatic carbocycles. The fourth-order valence-corrected chi connectivity index (χ4v) is 2.94. The maximum Gasteiger partial charge on any atom is 0.226 e. The second-order valence-corrected chi connectivity index (χ2v) is 6.59. The van der Waals surface area contributed by atoms with Crippen LogP contribution < -0.4 is 19.5 Å². The predicted octanol–water partition coefficient (Wildman–Crippen LogP) is 4.34. The molecule has 3 aromatic rings. The molecule has 3 rings (SSSR count). The van der Waals surface area contributed by atoms with Gasteiger partial charge in [-0.3, -0.25) is 9.48 Å². The first-order valence-corrected chi connectivity index (χ1v) is 9.29. The van der Waals surface area contributed by atoms with Gasteiger partial charge in [0.1, 0.15) is 11.5 Å². The minimum atomic E-state index is -0.0990. The lowest BCUT2D eigenvalue weighted by Crippen LogP contribution is -2.15. The SMILES string of the molecule is COc1ccc(Oc2cc(NC(=O)CCn3nc(C)cc3C)ccc2OC)cc1. The number of ether oxygens (including phenoxy) is 3. The van der Waals surface area contributed by atoms with Crippen molar-refractivity contribution in [3.05, 3.63) is 59.9 Å². The zero-order valence-corrected chi connectivity index (χ0v) is 17.1.